The quantitative estimate of drug-likeness (QED) is 0.513. The molecular formula is C21H17Cl2N3O2. The Morgan fingerprint density at radius 3 is 2.18 bits per heavy atom. The standard InChI is InChI=1S/C21H17Cl2N3O2/c22-18-10-9-17(12-19(18)23)25-20(27)13-24-15-7-4-8-16(11-15)26-21(28)14-5-2-1-3-6-14/h1-12,24H,13H2,(H,25,27)(H,26,28). The Kier molecular flexibility index (Phi) is 6.53. The Morgan fingerprint density at radius 1 is 0.714 bits per heavy atom. The zero-order valence-electron chi connectivity index (χ0n) is 14.7. The Bertz CT molecular complexity index is 994. The van der Waals surface area contributed by atoms with Gasteiger partial charge < -0.3 is 16.0 Å². The molecule has 142 valence electrons. The highest BCUT2D eigenvalue weighted by molar-refractivity contribution is 6.42. The predicted octanol–water partition coefficient (Wildman–Crippen LogP) is 5.30. The van der Waals surface area contributed by atoms with Crippen molar-refractivity contribution in [2.24, 2.45) is 0 Å². The van der Waals surface area contributed by atoms with Crippen molar-refractivity contribution >= 4 is 52.1 Å². The molecule has 0 aliphatic carbocycles. The van der Waals surface area contributed by atoms with Gasteiger partial charge in [-0.1, -0.05) is 47.5 Å². The van der Waals surface area contributed by atoms with E-state index in [1.807, 2.05) is 12.1 Å². The van der Waals surface area contributed by atoms with Gasteiger partial charge in [0.2, 0.25) is 5.91 Å². The number of rotatable bonds is 6. The molecule has 0 atom stereocenters. The second kappa shape index (κ2) is 9.26. The van der Waals surface area contributed by atoms with Crippen LogP contribution in [0.3, 0.4) is 0 Å². The minimum Gasteiger partial charge on any atom is -0.376 e. The Morgan fingerprint density at radius 2 is 1.43 bits per heavy atom. The maximum Gasteiger partial charge on any atom is 0.255 e. The summed E-state index contributed by atoms with van der Waals surface area (Å²) in [6.45, 7) is 0.0519. The number of anilines is 3. The molecule has 0 heterocycles. The number of carbonyl (C=O) groups excluding carboxylic acids is 2. The molecule has 0 aliphatic heterocycles. The predicted molar refractivity (Wildman–Crippen MR) is 114 cm³/mol. The van der Waals surface area contributed by atoms with Crippen molar-refractivity contribution in [3.63, 3.8) is 0 Å². The van der Waals surface area contributed by atoms with E-state index in [4.69, 9.17) is 23.2 Å². The van der Waals surface area contributed by atoms with Crippen LogP contribution in [-0.2, 0) is 4.79 Å². The lowest BCUT2D eigenvalue weighted by Crippen LogP contribution is -2.21. The number of carbonyl (C=O) groups is 2. The van der Waals surface area contributed by atoms with E-state index in [1.165, 1.54) is 0 Å². The highest BCUT2D eigenvalue weighted by Gasteiger charge is 2.07. The summed E-state index contributed by atoms with van der Waals surface area (Å²) >= 11 is 11.8. The van der Waals surface area contributed by atoms with Crippen LogP contribution in [0.1, 0.15) is 10.4 Å². The van der Waals surface area contributed by atoms with E-state index >= 15 is 0 Å². The minimum absolute atomic E-state index is 0.0519. The maximum absolute atomic E-state index is 12.2. The SMILES string of the molecule is O=C(CNc1cccc(NC(=O)c2ccccc2)c1)Nc1ccc(Cl)c(Cl)c1. The van der Waals surface area contributed by atoms with E-state index in [2.05, 4.69) is 16.0 Å². The van der Waals surface area contributed by atoms with E-state index in [0.29, 0.717) is 32.7 Å². The third-order valence-corrected chi connectivity index (χ3v) is 4.55. The van der Waals surface area contributed by atoms with Gasteiger partial charge in [-0.05, 0) is 48.5 Å². The maximum atomic E-state index is 12.2. The minimum atomic E-state index is -0.239. The van der Waals surface area contributed by atoms with Gasteiger partial charge in [0.15, 0.2) is 0 Å². The summed E-state index contributed by atoms with van der Waals surface area (Å²) in [5, 5.41) is 9.38. The molecule has 0 spiro atoms. The molecule has 28 heavy (non-hydrogen) atoms. The van der Waals surface area contributed by atoms with Gasteiger partial charge in [-0.3, -0.25) is 9.59 Å². The number of hydrogen-bond donors (Lipinski definition) is 3. The van der Waals surface area contributed by atoms with E-state index in [0.717, 1.165) is 0 Å². The third-order valence-electron chi connectivity index (χ3n) is 3.81. The highest BCUT2D eigenvalue weighted by Crippen LogP contribution is 2.25. The van der Waals surface area contributed by atoms with Crippen LogP contribution in [0.4, 0.5) is 17.1 Å². The molecule has 3 aromatic carbocycles. The van der Waals surface area contributed by atoms with Crippen LogP contribution >= 0.6 is 23.2 Å². The van der Waals surface area contributed by atoms with Crippen LogP contribution in [0, 0.1) is 0 Å². The van der Waals surface area contributed by atoms with Gasteiger partial charge in [0.25, 0.3) is 5.91 Å². The Labute approximate surface area is 172 Å². The molecule has 0 bridgehead atoms. The van der Waals surface area contributed by atoms with Crippen LogP contribution in [-0.4, -0.2) is 18.4 Å². The van der Waals surface area contributed by atoms with Crippen LogP contribution in [0.25, 0.3) is 0 Å². The number of amides is 2. The molecule has 0 saturated heterocycles. The zero-order chi connectivity index (χ0) is 19.9. The molecule has 3 N–H and O–H groups in total. The number of benzene rings is 3. The van der Waals surface area contributed by atoms with Gasteiger partial charge in [-0.25, -0.2) is 0 Å². The first kappa shape index (κ1) is 19.7. The molecule has 0 unspecified atom stereocenters. The van der Waals surface area contributed by atoms with Crippen molar-refractivity contribution in [1.29, 1.82) is 0 Å². The molecular weight excluding hydrogens is 397 g/mol. The zero-order valence-corrected chi connectivity index (χ0v) is 16.2. The molecule has 2 amide bonds. The molecule has 7 heteroatoms. The van der Waals surface area contributed by atoms with E-state index in [9.17, 15) is 9.59 Å². The van der Waals surface area contributed by atoms with Crippen LogP contribution < -0.4 is 16.0 Å². The van der Waals surface area contributed by atoms with Crippen molar-refractivity contribution in [1.82, 2.24) is 0 Å². The lowest BCUT2D eigenvalue weighted by molar-refractivity contribution is -0.114. The summed E-state index contributed by atoms with van der Waals surface area (Å²) in [6, 6.07) is 21.0. The smallest absolute Gasteiger partial charge is 0.255 e. The monoisotopic (exact) mass is 413 g/mol. The van der Waals surface area contributed by atoms with Gasteiger partial charge in [0, 0.05) is 22.6 Å². The molecule has 0 saturated carbocycles. The molecule has 0 radical (unpaired) electrons. The molecule has 0 aliphatic rings. The topological polar surface area (TPSA) is 70.2 Å². The van der Waals surface area contributed by atoms with Gasteiger partial charge >= 0.3 is 0 Å². The molecule has 0 aromatic heterocycles. The van der Waals surface area contributed by atoms with Gasteiger partial charge in [0.1, 0.15) is 0 Å². The van der Waals surface area contributed by atoms with Crippen molar-refractivity contribution in [3.8, 4) is 0 Å². The lowest BCUT2D eigenvalue weighted by Gasteiger charge is -2.10. The molecule has 0 fully saturated rings. The fraction of sp³-hybridized carbons (Fsp3) is 0.0476. The van der Waals surface area contributed by atoms with Crippen molar-refractivity contribution < 1.29 is 9.59 Å². The second-order valence-corrected chi connectivity index (χ2v) is 6.75. The highest BCUT2D eigenvalue weighted by atomic mass is 35.5. The van der Waals surface area contributed by atoms with Gasteiger partial charge in [-0.15, -0.1) is 0 Å². The lowest BCUT2D eigenvalue weighted by atomic mass is 10.2. The fourth-order valence-electron chi connectivity index (χ4n) is 2.46. The van der Waals surface area contributed by atoms with Crippen molar-refractivity contribution in [2.75, 3.05) is 22.5 Å². The van der Waals surface area contributed by atoms with Crippen LogP contribution in [0.5, 0.6) is 0 Å². The summed E-state index contributed by atoms with van der Waals surface area (Å²) in [6.07, 6.45) is 0. The van der Waals surface area contributed by atoms with Crippen molar-refractivity contribution in [3.05, 3.63) is 88.4 Å². The van der Waals surface area contributed by atoms with Gasteiger partial charge in [0.05, 0.1) is 16.6 Å². The molecule has 3 aromatic rings. The van der Waals surface area contributed by atoms with E-state index < -0.39 is 0 Å². The average molecular weight is 414 g/mol. The Hall–Kier alpha value is -3.02. The summed E-state index contributed by atoms with van der Waals surface area (Å²) in [5.74, 6) is -0.438. The summed E-state index contributed by atoms with van der Waals surface area (Å²) in [4.78, 5) is 24.3. The number of hydrogen-bond acceptors (Lipinski definition) is 3. The largest absolute Gasteiger partial charge is 0.376 e. The normalized spacial score (nSPS) is 10.2. The van der Waals surface area contributed by atoms with Crippen LogP contribution in [0.2, 0.25) is 10.0 Å². The van der Waals surface area contributed by atoms with E-state index in [-0.39, 0.29) is 18.4 Å². The summed E-state index contributed by atoms with van der Waals surface area (Å²) < 4.78 is 0. The number of nitrogens with one attached hydrogen (secondary N) is 3. The first-order valence-corrected chi connectivity index (χ1v) is 9.22. The molecule has 3 rings (SSSR count). The fourth-order valence-corrected chi connectivity index (χ4v) is 2.76. The van der Waals surface area contributed by atoms with Gasteiger partial charge in [-0.2, -0.15) is 0 Å². The average Bonchev–Trinajstić information content (AvgIpc) is 2.70. The van der Waals surface area contributed by atoms with E-state index in [1.54, 1.807) is 60.7 Å². The van der Waals surface area contributed by atoms with Crippen molar-refractivity contribution in [2.45, 2.75) is 0 Å². The van der Waals surface area contributed by atoms with Crippen LogP contribution in [0.15, 0.2) is 72.8 Å². The first-order chi connectivity index (χ1) is 13.5. The second-order valence-electron chi connectivity index (χ2n) is 5.93. The molecule has 5 nitrogen and oxygen atoms in total. The first-order valence-electron chi connectivity index (χ1n) is 8.46. The summed E-state index contributed by atoms with van der Waals surface area (Å²) in [5.41, 5.74) is 2.46. The Balaban J connectivity index is 1.56. The number of halogens is 2. The third kappa shape index (κ3) is 5.49. The summed E-state index contributed by atoms with van der Waals surface area (Å²) in [7, 11) is 0.